The molecule has 0 aliphatic carbocycles. The van der Waals surface area contributed by atoms with Crippen molar-refractivity contribution in [1.82, 2.24) is 4.90 Å². The van der Waals surface area contributed by atoms with E-state index in [0.29, 0.717) is 12.1 Å². The SMILES string of the molecule is CCC1COC(C)CN1CC(C)(C)C(N)c1ccccc1. The molecule has 0 amide bonds. The first kappa shape index (κ1) is 16.5. The molecule has 1 aliphatic rings. The Hall–Kier alpha value is -0.900. The van der Waals surface area contributed by atoms with Crippen LogP contribution in [0.3, 0.4) is 0 Å². The first-order valence-electron chi connectivity index (χ1n) is 8.10. The third-order valence-electron chi connectivity index (χ3n) is 4.66. The van der Waals surface area contributed by atoms with E-state index in [1.807, 2.05) is 6.07 Å². The molecule has 1 fully saturated rings. The number of hydrogen-bond acceptors (Lipinski definition) is 3. The van der Waals surface area contributed by atoms with E-state index in [1.165, 1.54) is 5.56 Å². The van der Waals surface area contributed by atoms with Crippen molar-refractivity contribution >= 4 is 0 Å². The van der Waals surface area contributed by atoms with Gasteiger partial charge < -0.3 is 10.5 Å². The average molecular weight is 290 g/mol. The van der Waals surface area contributed by atoms with Crippen molar-refractivity contribution in [2.45, 2.75) is 52.3 Å². The molecule has 21 heavy (non-hydrogen) atoms. The fourth-order valence-electron chi connectivity index (χ4n) is 3.22. The molecule has 0 saturated carbocycles. The van der Waals surface area contributed by atoms with Crippen LogP contribution < -0.4 is 5.73 Å². The van der Waals surface area contributed by atoms with E-state index in [4.69, 9.17) is 10.5 Å². The molecule has 0 bridgehead atoms. The van der Waals surface area contributed by atoms with Crippen LogP contribution in [0.1, 0.15) is 45.7 Å². The maximum absolute atomic E-state index is 6.55. The van der Waals surface area contributed by atoms with Crippen LogP contribution in [-0.2, 0) is 4.74 Å². The molecule has 2 rings (SSSR count). The normalized spacial score (nSPS) is 25.8. The van der Waals surface area contributed by atoms with Gasteiger partial charge in [-0.05, 0) is 24.3 Å². The second-order valence-electron chi connectivity index (χ2n) is 7.01. The van der Waals surface area contributed by atoms with Crippen molar-refractivity contribution in [3.63, 3.8) is 0 Å². The van der Waals surface area contributed by atoms with Gasteiger partial charge >= 0.3 is 0 Å². The standard InChI is InChI=1S/C18H30N2O/c1-5-16-12-21-14(2)11-20(16)13-18(3,4)17(19)15-9-7-6-8-10-15/h6-10,14,16-17H,5,11-13,19H2,1-4H3. The minimum Gasteiger partial charge on any atom is -0.376 e. The van der Waals surface area contributed by atoms with Gasteiger partial charge in [-0.25, -0.2) is 0 Å². The van der Waals surface area contributed by atoms with Crippen LogP contribution in [0.15, 0.2) is 30.3 Å². The summed E-state index contributed by atoms with van der Waals surface area (Å²) in [4.78, 5) is 2.57. The molecule has 3 nitrogen and oxygen atoms in total. The molecule has 3 atom stereocenters. The predicted octanol–water partition coefficient (Wildman–Crippen LogP) is 3.21. The number of nitrogens with zero attached hydrogens (tertiary/aromatic N) is 1. The lowest BCUT2D eigenvalue weighted by molar-refractivity contribution is -0.0685. The first-order valence-corrected chi connectivity index (χ1v) is 8.10. The Morgan fingerprint density at radius 1 is 1.33 bits per heavy atom. The van der Waals surface area contributed by atoms with Crippen molar-refractivity contribution in [1.29, 1.82) is 0 Å². The maximum atomic E-state index is 6.55. The van der Waals surface area contributed by atoms with Gasteiger partial charge in [-0.15, -0.1) is 0 Å². The minimum atomic E-state index is 0.0336. The van der Waals surface area contributed by atoms with E-state index < -0.39 is 0 Å². The van der Waals surface area contributed by atoms with Gasteiger partial charge in [0.15, 0.2) is 0 Å². The Morgan fingerprint density at radius 3 is 2.62 bits per heavy atom. The van der Waals surface area contributed by atoms with Crippen LogP contribution in [0.2, 0.25) is 0 Å². The number of morpholine rings is 1. The Balaban J connectivity index is 2.08. The molecule has 2 N–H and O–H groups in total. The fourth-order valence-corrected chi connectivity index (χ4v) is 3.22. The molecule has 0 radical (unpaired) electrons. The lowest BCUT2D eigenvalue weighted by Gasteiger charge is -2.44. The summed E-state index contributed by atoms with van der Waals surface area (Å²) in [5.74, 6) is 0. The average Bonchev–Trinajstić information content (AvgIpc) is 2.47. The molecule has 0 spiro atoms. The summed E-state index contributed by atoms with van der Waals surface area (Å²) in [5, 5.41) is 0. The molecule has 1 aromatic carbocycles. The Kier molecular flexibility index (Phi) is 5.42. The predicted molar refractivity (Wildman–Crippen MR) is 88.2 cm³/mol. The maximum Gasteiger partial charge on any atom is 0.0674 e. The van der Waals surface area contributed by atoms with Gasteiger partial charge in [-0.2, -0.15) is 0 Å². The molecule has 1 aromatic rings. The van der Waals surface area contributed by atoms with E-state index in [2.05, 4.69) is 56.9 Å². The number of benzene rings is 1. The van der Waals surface area contributed by atoms with Crippen LogP contribution in [0.25, 0.3) is 0 Å². The summed E-state index contributed by atoms with van der Waals surface area (Å²) in [7, 11) is 0. The van der Waals surface area contributed by atoms with Crippen LogP contribution in [0, 0.1) is 5.41 Å². The highest BCUT2D eigenvalue weighted by atomic mass is 16.5. The highest BCUT2D eigenvalue weighted by Crippen LogP contribution is 2.33. The molecule has 3 unspecified atom stereocenters. The topological polar surface area (TPSA) is 38.5 Å². The van der Waals surface area contributed by atoms with Crippen molar-refractivity contribution in [3.8, 4) is 0 Å². The third kappa shape index (κ3) is 4.06. The molecule has 0 aromatic heterocycles. The quantitative estimate of drug-likeness (QED) is 0.905. The van der Waals surface area contributed by atoms with E-state index >= 15 is 0 Å². The van der Waals surface area contributed by atoms with E-state index in [0.717, 1.165) is 26.1 Å². The van der Waals surface area contributed by atoms with Gasteiger partial charge in [-0.3, -0.25) is 4.90 Å². The van der Waals surface area contributed by atoms with Crippen LogP contribution in [0.4, 0.5) is 0 Å². The zero-order chi connectivity index (χ0) is 15.5. The first-order chi connectivity index (χ1) is 9.94. The van der Waals surface area contributed by atoms with Gasteiger partial charge in [0.25, 0.3) is 0 Å². The minimum absolute atomic E-state index is 0.0336. The van der Waals surface area contributed by atoms with Crippen molar-refractivity contribution < 1.29 is 4.74 Å². The monoisotopic (exact) mass is 290 g/mol. The van der Waals surface area contributed by atoms with Crippen molar-refractivity contribution in [3.05, 3.63) is 35.9 Å². The zero-order valence-corrected chi connectivity index (χ0v) is 13.9. The second kappa shape index (κ2) is 6.91. The summed E-state index contributed by atoms with van der Waals surface area (Å²) in [6.45, 7) is 11.8. The Labute approximate surface area is 129 Å². The van der Waals surface area contributed by atoms with Gasteiger partial charge in [0.05, 0.1) is 12.7 Å². The van der Waals surface area contributed by atoms with E-state index in [-0.39, 0.29) is 11.5 Å². The third-order valence-corrected chi connectivity index (χ3v) is 4.66. The van der Waals surface area contributed by atoms with Gasteiger partial charge in [0, 0.05) is 25.2 Å². The smallest absolute Gasteiger partial charge is 0.0674 e. The summed E-state index contributed by atoms with van der Waals surface area (Å²) < 4.78 is 5.80. The van der Waals surface area contributed by atoms with Gasteiger partial charge in [-0.1, -0.05) is 51.1 Å². The number of nitrogens with two attached hydrogens (primary N) is 1. The Morgan fingerprint density at radius 2 is 2.00 bits per heavy atom. The lowest BCUT2D eigenvalue weighted by Crippen LogP contribution is -2.53. The van der Waals surface area contributed by atoms with Crippen LogP contribution >= 0.6 is 0 Å². The molecule has 3 heteroatoms. The van der Waals surface area contributed by atoms with Crippen molar-refractivity contribution in [2.75, 3.05) is 19.7 Å². The molecular weight excluding hydrogens is 260 g/mol. The van der Waals surface area contributed by atoms with Gasteiger partial charge in [0.2, 0.25) is 0 Å². The summed E-state index contributed by atoms with van der Waals surface area (Å²) in [6, 6.07) is 11.0. The van der Waals surface area contributed by atoms with E-state index in [9.17, 15) is 0 Å². The second-order valence-corrected chi connectivity index (χ2v) is 7.01. The van der Waals surface area contributed by atoms with E-state index in [1.54, 1.807) is 0 Å². The number of ether oxygens (including phenoxy) is 1. The van der Waals surface area contributed by atoms with Crippen LogP contribution in [-0.4, -0.2) is 36.7 Å². The van der Waals surface area contributed by atoms with Crippen LogP contribution in [0.5, 0.6) is 0 Å². The number of rotatable bonds is 5. The summed E-state index contributed by atoms with van der Waals surface area (Å²) >= 11 is 0. The molecule has 1 saturated heterocycles. The highest BCUT2D eigenvalue weighted by Gasteiger charge is 2.34. The Bertz CT molecular complexity index is 432. The van der Waals surface area contributed by atoms with Gasteiger partial charge in [0.1, 0.15) is 0 Å². The highest BCUT2D eigenvalue weighted by molar-refractivity contribution is 5.20. The molecular formula is C18H30N2O. The zero-order valence-electron chi connectivity index (χ0n) is 13.9. The summed E-state index contributed by atoms with van der Waals surface area (Å²) in [6.07, 6.45) is 1.44. The molecule has 1 aliphatic heterocycles. The fraction of sp³-hybridized carbons (Fsp3) is 0.667. The molecule has 1 heterocycles. The molecule has 118 valence electrons. The number of hydrogen-bond donors (Lipinski definition) is 1. The largest absolute Gasteiger partial charge is 0.376 e. The lowest BCUT2D eigenvalue weighted by atomic mass is 9.80. The summed E-state index contributed by atoms with van der Waals surface area (Å²) in [5.41, 5.74) is 7.81. The van der Waals surface area contributed by atoms with Crippen molar-refractivity contribution in [2.24, 2.45) is 11.1 Å².